The number of hydrogen-bond acceptors (Lipinski definition) is 4. The molecule has 2 N–H and O–H groups in total. The highest BCUT2D eigenvalue weighted by molar-refractivity contribution is 6.31. The molecular weight excluding hydrogens is 262 g/mol. The topological polar surface area (TPSA) is 69.6 Å². The number of anilines is 1. The van der Waals surface area contributed by atoms with Gasteiger partial charge >= 0.3 is 0 Å². The number of aromatic nitrogens is 4. The zero-order chi connectivity index (χ0) is 14.2. The van der Waals surface area contributed by atoms with E-state index in [0.717, 1.165) is 35.6 Å². The van der Waals surface area contributed by atoms with Gasteiger partial charge in [0.25, 0.3) is 0 Å². The Morgan fingerprint density at radius 3 is 2.42 bits per heavy atom. The van der Waals surface area contributed by atoms with Gasteiger partial charge in [-0.05, 0) is 27.2 Å². The molecule has 0 radical (unpaired) electrons. The first-order valence-electron chi connectivity index (χ1n) is 6.30. The average Bonchev–Trinajstić information content (AvgIpc) is 2.62. The van der Waals surface area contributed by atoms with Crippen LogP contribution >= 0.6 is 11.6 Å². The van der Waals surface area contributed by atoms with Crippen molar-refractivity contribution in [3.8, 4) is 5.82 Å². The number of halogens is 1. The van der Waals surface area contributed by atoms with Gasteiger partial charge in [0, 0.05) is 12.0 Å². The van der Waals surface area contributed by atoms with Crippen molar-refractivity contribution in [1.82, 2.24) is 19.7 Å². The number of hydrogen-bond donors (Lipinski definition) is 1. The minimum atomic E-state index is 0.497. The van der Waals surface area contributed by atoms with Crippen LogP contribution in [0.3, 0.4) is 0 Å². The van der Waals surface area contributed by atoms with Gasteiger partial charge in [0.15, 0.2) is 5.82 Å². The summed E-state index contributed by atoms with van der Waals surface area (Å²) in [6, 6.07) is 0. The fourth-order valence-electron chi connectivity index (χ4n) is 1.94. The summed E-state index contributed by atoms with van der Waals surface area (Å²) in [6.45, 7) is 7.77. The molecule has 2 heterocycles. The molecule has 2 aromatic heterocycles. The number of rotatable bonds is 3. The lowest BCUT2D eigenvalue weighted by Gasteiger charge is -2.11. The smallest absolute Gasteiger partial charge is 0.162 e. The van der Waals surface area contributed by atoms with Crippen LogP contribution in [0.5, 0.6) is 0 Å². The molecule has 0 aliphatic carbocycles. The summed E-state index contributed by atoms with van der Waals surface area (Å²) in [5.74, 6) is 1.95. The number of nitrogens with two attached hydrogens (primary N) is 1. The summed E-state index contributed by atoms with van der Waals surface area (Å²) in [5.41, 5.74) is 8.43. The highest BCUT2D eigenvalue weighted by Crippen LogP contribution is 2.24. The molecule has 0 atom stereocenters. The molecule has 0 spiro atoms. The van der Waals surface area contributed by atoms with Gasteiger partial charge in [-0.25, -0.2) is 14.6 Å². The fourth-order valence-corrected chi connectivity index (χ4v) is 2.06. The maximum Gasteiger partial charge on any atom is 0.162 e. The zero-order valence-electron chi connectivity index (χ0n) is 11.7. The molecule has 0 saturated heterocycles. The first kappa shape index (κ1) is 13.8. The van der Waals surface area contributed by atoms with E-state index in [9.17, 15) is 0 Å². The zero-order valence-corrected chi connectivity index (χ0v) is 12.4. The lowest BCUT2D eigenvalue weighted by molar-refractivity contribution is 0.760. The lowest BCUT2D eigenvalue weighted by atomic mass is 10.2. The van der Waals surface area contributed by atoms with Crippen LogP contribution in [-0.2, 0) is 6.42 Å². The third kappa shape index (κ3) is 2.42. The average molecular weight is 280 g/mol. The van der Waals surface area contributed by atoms with Crippen molar-refractivity contribution in [2.45, 2.75) is 40.5 Å². The van der Waals surface area contributed by atoms with E-state index in [-0.39, 0.29) is 0 Å². The fraction of sp³-hybridized carbons (Fsp3) is 0.462. The van der Waals surface area contributed by atoms with Crippen LogP contribution in [0.15, 0.2) is 0 Å². The predicted octanol–water partition coefficient (Wildman–Crippen LogP) is 2.78. The van der Waals surface area contributed by atoms with Crippen molar-refractivity contribution in [3.63, 3.8) is 0 Å². The van der Waals surface area contributed by atoms with Crippen LogP contribution in [0.2, 0.25) is 5.02 Å². The first-order valence-corrected chi connectivity index (χ1v) is 6.68. The molecule has 6 heteroatoms. The van der Waals surface area contributed by atoms with Crippen molar-refractivity contribution in [2.24, 2.45) is 0 Å². The Hall–Kier alpha value is -1.62. The molecule has 19 heavy (non-hydrogen) atoms. The van der Waals surface area contributed by atoms with Crippen LogP contribution in [-0.4, -0.2) is 19.7 Å². The highest BCUT2D eigenvalue weighted by Gasteiger charge is 2.16. The van der Waals surface area contributed by atoms with Gasteiger partial charge in [0.2, 0.25) is 0 Å². The molecule has 0 unspecified atom stereocenters. The van der Waals surface area contributed by atoms with Crippen LogP contribution in [0.1, 0.15) is 36.1 Å². The predicted molar refractivity (Wildman–Crippen MR) is 76.8 cm³/mol. The minimum Gasteiger partial charge on any atom is -0.383 e. The number of nitrogen functional groups attached to an aromatic ring is 1. The summed E-state index contributed by atoms with van der Waals surface area (Å²) >= 11 is 6.18. The third-order valence-electron chi connectivity index (χ3n) is 3.08. The maximum atomic E-state index is 6.18. The normalized spacial score (nSPS) is 11.0. The molecule has 0 fully saturated rings. The van der Waals surface area contributed by atoms with Crippen LogP contribution in [0, 0.1) is 20.8 Å². The van der Waals surface area contributed by atoms with E-state index >= 15 is 0 Å². The van der Waals surface area contributed by atoms with Crippen LogP contribution in [0.25, 0.3) is 5.82 Å². The lowest BCUT2D eigenvalue weighted by Crippen LogP contribution is -2.11. The quantitative estimate of drug-likeness (QED) is 0.938. The van der Waals surface area contributed by atoms with Gasteiger partial charge in [-0.3, -0.25) is 0 Å². The van der Waals surface area contributed by atoms with E-state index in [1.165, 1.54) is 0 Å². The summed E-state index contributed by atoms with van der Waals surface area (Å²) in [6.07, 6.45) is 1.77. The second-order valence-corrected chi connectivity index (χ2v) is 5.00. The Labute approximate surface area is 117 Å². The summed E-state index contributed by atoms with van der Waals surface area (Å²) in [7, 11) is 0. The molecule has 0 aromatic carbocycles. The van der Waals surface area contributed by atoms with Gasteiger partial charge < -0.3 is 5.73 Å². The Balaban J connectivity index is 2.63. The van der Waals surface area contributed by atoms with E-state index in [4.69, 9.17) is 17.3 Å². The Kier molecular flexibility index (Phi) is 3.75. The van der Waals surface area contributed by atoms with Gasteiger partial charge in [-0.15, -0.1) is 0 Å². The second kappa shape index (κ2) is 5.17. The Bertz CT molecular complexity index is 618. The molecule has 5 nitrogen and oxygen atoms in total. The molecule has 0 saturated carbocycles. The van der Waals surface area contributed by atoms with E-state index in [1.807, 2.05) is 20.8 Å². The van der Waals surface area contributed by atoms with Gasteiger partial charge in [-0.1, -0.05) is 18.5 Å². The molecule has 102 valence electrons. The third-order valence-corrected chi connectivity index (χ3v) is 3.63. The largest absolute Gasteiger partial charge is 0.383 e. The molecule has 0 aliphatic rings. The van der Waals surface area contributed by atoms with Crippen molar-refractivity contribution >= 4 is 17.4 Å². The van der Waals surface area contributed by atoms with E-state index < -0.39 is 0 Å². The number of nitrogens with zero attached hydrogens (tertiary/aromatic N) is 4. The van der Waals surface area contributed by atoms with E-state index in [0.29, 0.717) is 16.7 Å². The monoisotopic (exact) mass is 279 g/mol. The molecule has 0 bridgehead atoms. The van der Waals surface area contributed by atoms with Crippen molar-refractivity contribution in [1.29, 1.82) is 0 Å². The maximum absolute atomic E-state index is 6.18. The summed E-state index contributed by atoms with van der Waals surface area (Å²) in [5, 5.41) is 5.08. The Morgan fingerprint density at radius 1 is 1.21 bits per heavy atom. The number of aryl methyl sites for hydroxylation is 2. The van der Waals surface area contributed by atoms with Crippen LogP contribution < -0.4 is 5.73 Å². The first-order chi connectivity index (χ1) is 8.95. The molecular formula is C13H18ClN5. The van der Waals surface area contributed by atoms with Gasteiger partial charge in [-0.2, -0.15) is 5.10 Å². The molecule has 2 rings (SSSR count). The minimum absolute atomic E-state index is 0.497. The van der Waals surface area contributed by atoms with Gasteiger partial charge in [0.1, 0.15) is 11.6 Å². The molecule has 2 aromatic rings. The van der Waals surface area contributed by atoms with Crippen molar-refractivity contribution < 1.29 is 0 Å². The standard InChI is InChI=1S/C13H18ClN5/c1-5-6-10-16-12(15)7(2)13(17-10)19-9(4)11(14)8(3)18-19/h5-6H2,1-4H3,(H2,15,16,17). The second-order valence-electron chi connectivity index (χ2n) is 4.62. The van der Waals surface area contributed by atoms with E-state index in [2.05, 4.69) is 22.0 Å². The van der Waals surface area contributed by atoms with Crippen LogP contribution in [0.4, 0.5) is 5.82 Å². The van der Waals surface area contributed by atoms with Gasteiger partial charge in [0.05, 0.1) is 16.4 Å². The summed E-state index contributed by atoms with van der Waals surface area (Å²) in [4.78, 5) is 8.86. The SMILES string of the molecule is CCCc1nc(N)c(C)c(-n2nc(C)c(Cl)c2C)n1. The van der Waals surface area contributed by atoms with Crippen molar-refractivity contribution in [2.75, 3.05) is 5.73 Å². The highest BCUT2D eigenvalue weighted by atomic mass is 35.5. The molecule has 0 aliphatic heterocycles. The van der Waals surface area contributed by atoms with Crippen molar-refractivity contribution in [3.05, 3.63) is 27.8 Å². The van der Waals surface area contributed by atoms with E-state index in [1.54, 1.807) is 4.68 Å². The molecule has 0 amide bonds. The Morgan fingerprint density at radius 2 is 1.89 bits per heavy atom. The summed E-state index contributed by atoms with van der Waals surface area (Å²) < 4.78 is 1.74.